The maximum absolute atomic E-state index is 12.0. The molecule has 0 radical (unpaired) electrons. The van der Waals surface area contributed by atoms with Crippen LogP contribution in [0.3, 0.4) is 0 Å². The monoisotopic (exact) mass is 214 g/mol. The van der Waals surface area contributed by atoms with Crippen LogP contribution in [0.2, 0.25) is 0 Å². The lowest BCUT2D eigenvalue weighted by Crippen LogP contribution is -2.48. The Morgan fingerprint density at radius 3 is 2.87 bits per heavy atom. The number of carbonyl (C=O) groups excluding carboxylic acids is 1. The molecule has 4 heteroatoms. The first kappa shape index (κ1) is 12.5. The zero-order chi connectivity index (χ0) is 11.4. The van der Waals surface area contributed by atoms with E-state index in [0.29, 0.717) is 6.54 Å². The molecule has 1 saturated heterocycles. The Labute approximate surface area is 91.6 Å². The molecule has 1 rings (SSSR count). The molecule has 1 fully saturated rings. The van der Waals surface area contributed by atoms with Crippen molar-refractivity contribution in [1.29, 1.82) is 0 Å². The highest BCUT2D eigenvalue weighted by atomic mass is 16.3. The summed E-state index contributed by atoms with van der Waals surface area (Å²) in [5.41, 5.74) is 0. The van der Waals surface area contributed by atoms with E-state index in [-0.39, 0.29) is 17.9 Å². The van der Waals surface area contributed by atoms with Gasteiger partial charge in [-0.25, -0.2) is 0 Å². The summed E-state index contributed by atoms with van der Waals surface area (Å²) in [6.07, 6.45) is 1.56. The zero-order valence-corrected chi connectivity index (χ0v) is 9.86. The van der Waals surface area contributed by atoms with Crippen LogP contribution in [0.5, 0.6) is 0 Å². The fraction of sp³-hybridized carbons (Fsp3) is 0.909. The van der Waals surface area contributed by atoms with Crippen LogP contribution in [0.1, 0.15) is 26.7 Å². The molecule has 0 aliphatic carbocycles. The molecule has 88 valence electrons. The molecular formula is C11H22N2O2. The van der Waals surface area contributed by atoms with Gasteiger partial charge >= 0.3 is 0 Å². The Balaban J connectivity index is 2.50. The molecule has 0 aromatic rings. The maximum Gasteiger partial charge on any atom is 0.227 e. The first-order valence-electron chi connectivity index (χ1n) is 5.68. The lowest BCUT2D eigenvalue weighted by molar-refractivity contribution is -0.137. The van der Waals surface area contributed by atoms with E-state index in [0.717, 1.165) is 19.4 Å². The van der Waals surface area contributed by atoms with Crippen molar-refractivity contribution < 1.29 is 9.90 Å². The van der Waals surface area contributed by atoms with Gasteiger partial charge in [-0.15, -0.1) is 0 Å². The Kier molecular flexibility index (Phi) is 4.54. The molecule has 0 bridgehead atoms. The molecule has 2 N–H and O–H groups in total. The fourth-order valence-corrected chi connectivity index (χ4v) is 2.15. The van der Waals surface area contributed by atoms with Crippen LogP contribution in [-0.2, 0) is 4.79 Å². The first-order valence-corrected chi connectivity index (χ1v) is 5.68. The SMILES string of the molecule is CC(O)CN(C)C(=O)C1CCCNC1C. The minimum atomic E-state index is -0.453. The summed E-state index contributed by atoms with van der Waals surface area (Å²) in [5.74, 6) is 0.220. The average Bonchev–Trinajstić information content (AvgIpc) is 2.16. The molecule has 15 heavy (non-hydrogen) atoms. The predicted octanol–water partition coefficient (Wildman–Crippen LogP) is 0.214. The molecule has 1 aliphatic heterocycles. The highest BCUT2D eigenvalue weighted by Gasteiger charge is 2.29. The molecule has 3 unspecified atom stereocenters. The van der Waals surface area contributed by atoms with Gasteiger partial charge in [-0.3, -0.25) is 4.79 Å². The van der Waals surface area contributed by atoms with E-state index < -0.39 is 6.10 Å². The number of carbonyl (C=O) groups is 1. The van der Waals surface area contributed by atoms with Crippen molar-refractivity contribution in [1.82, 2.24) is 10.2 Å². The van der Waals surface area contributed by atoms with E-state index in [2.05, 4.69) is 12.2 Å². The number of piperidine rings is 1. The second-order valence-corrected chi connectivity index (χ2v) is 4.56. The van der Waals surface area contributed by atoms with E-state index in [1.54, 1.807) is 18.9 Å². The van der Waals surface area contributed by atoms with Crippen LogP contribution < -0.4 is 5.32 Å². The van der Waals surface area contributed by atoms with Gasteiger partial charge in [-0.2, -0.15) is 0 Å². The van der Waals surface area contributed by atoms with Crippen LogP contribution in [0.4, 0.5) is 0 Å². The summed E-state index contributed by atoms with van der Waals surface area (Å²) < 4.78 is 0. The third kappa shape index (κ3) is 3.47. The summed E-state index contributed by atoms with van der Waals surface area (Å²) in [4.78, 5) is 13.7. The van der Waals surface area contributed by atoms with Gasteiger partial charge in [0.1, 0.15) is 0 Å². The third-order valence-corrected chi connectivity index (χ3v) is 2.99. The number of amides is 1. The summed E-state index contributed by atoms with van der Waals surface area (Å²) in [6.45, 7) is 5.18. The number of aliphatic hydroxyl groups is 1. The summed E-state index contributed by atoms with van der Waals surface area (Å²) in [6, 6.07) is 0.252. The lowest BCUT2D eigenvalue weighted by atomic mass is 9.91. The van der Waals surface area contributed by atoms with E-state index in [1.165, 1.54) is 0 Å². The number of hydrogen-bond acceptors (Lipinski definition) is 3. The number of rotatable bonds is 3. The molecule has 1 heterocycles. The van der Waals surface area contributed by atoms with Gasteiger partial charge in [0, 0.05) is 19.6 Å². The Morgan fingerprint density at radius 1 is 1.67 bits per heavy atom. The minimum absolute atomic E-state index is 0.0718. The van der Waals surface area contributed by atoms with E-state index in [9.17, 15) is 9.90 Å². The van der Waals surface area contributed by atoms with Crippen LogP contribution in [0.25, 0.3) is 0 Å². The summed E-state index contributed by atoms with van der Waals surface area (Å²) in [5, 5.41) is 12.5. The van der Waals surface area contributed by atoms with E-state index in [1.807, 2.05) is 0 Å². The topological polar surface area (TPSA) is 52.6 Å². The first-order chi connectivity index (χ1) is 7.02. The highest BCUT2D eigenvalue weighted by molar-refractivity contribution is 5.79. The van der Waals surface area contributed by atoms with Gasteiger partial charge in [0.2, 0.25) is 5.91 Å². The Morgan fingerprint density at radius 2 is 2.33 bits per heavy atom. The maximum atomic E-state index is 12.0. The van der Waals surface area contributed by atoms with Gasteiger partial charge in [0.25, 0.3) is 0 Å². The van der Waals surface area contributed by atoms with Crippen LogP contribution in [0.15, 0.2) is 0 Å². The second kappa shape index (κ2) is 5.47. The zero-order valence-electron chi connectivity index (χ0n) is 9.86. The second-order valence-electron chi connectivity index (χ2n) is 4.56. The van der Waals surface area contributed by atoms with Crippen molar-refractivity contribution >= 4 is 5.91 Å². The average molecular weight is 214 g/mol. The van der Waals surface area contributed by atoms with Crippen molar-refractivity contribution in [2.24, 2.45) is 5.92 Å². The number of hydrogen-bond donors (Lipinski definition) is 2. The van der Waals surface area contributed by atoms with Crippen molar-refractivity contribution in [3.8, 4) is 0 Å². The molecular weight excluding hydrogens is 192 g/mol. The van der Waals surface area contributed by atoms with Crippen molar-refractivity contribution in [2.45, 2.75) is 38.8 Å². The van der Waals surface area contributed by atoms with Gasteiger partial charge in [-0.05, 0) is 33.2 Å². The summed E-state index contributed by atoms with van der Waals surface area (Å²) in [7, 11) is 1.76. The van der Waals surface area contributed by atoms with E-state index in [4.69, 9.17) is 0 Å². The lowest BCUT2D eigenvalue weighted by Gasteiger charge is -2.32. The largest absolute Gasteiger partial charge is 0.392 e. The number of nitrogens with zero attached hydrogens (tertiary/aromatic N) is 1. The molecule has 0 saturated carbocycles. The van der Waals surface area contributed by atoms with Crippen LogP contribution in [-0.4, -0.2) is 48.2 Å². The minimum Gasteiger partial charge on any atom is -0.392 e. The number of nitrogens with one attached hydrogen (secondary N) is 1. The number of likely N-dealkylation sites (N-methyl/N-ethyl adjacent to an activating group) is 1. The van der Waals surface area contributed by atoms with Crippen LogP contribution in [0, 0.1) is 5.92 Å². The standard InChI is InChI=1S/C11H22N2O2/c1-8(14)7-13(3)11(15)10-5-4-6-12-9(10)2/h8-10,12,14H,4-7H2,1-3H3. The molecule has 0 aromatic carbocycles. The summed E-state index contributed by atoms with van der Waals surface area (Å²) >= 11 is 0. The smallest absolute Gasteiger partial charge is 0.227 e. The van der Waals surface area contributed by atoms with Gasteiger partial charge < -0.3 is 15.3 Å². The molecule has 1 amide bonds. The Bertz CT molecular complexity index is 219. The van der Waals surface area contributed by atoms with Gasteiger partial charge in [0.05, 0.1) is 12.0 Å². The molecule has 4 nitrogen and oxygen atoms in total. The van der Waals surface area contributed by atoms with Crippen molar-refractivity contribution in [3.63, 3.8) is 0 Å². The van der Waals surface area contributed by atoms with Gasteiger partial charge in [-0.1, -0.05) is 0 Å². The normalized spacial score (nSPS) is 28.5. The van der Waals surface area contributed by atoms with Gasteiger partial charge in [0.15, 0.2) is 0 Å². The molecule has 1 aliphatic rings. The predicted molar refractivity (Wildman–Crippen MR) is 59.5 cm³/mol. The fourth-order valence-electron chi connectivity index (χ4n) is 2.15. The molecule has 0 spiro atoms. The Hall–Kier alpha value is -0.610. The van der Waals surface area contributed by atoms with Crippen LogP contribution >= 0.6 is 0 Å². The number of aliphatic hydroxyl groups excluding tert-OH is 1. The third-order valence-electron chi connectivity index (χ3n) is 2.99. The quantitative estimate of drug-likeness (QED) is 0.706. The highest BCUT2D eigenvalue weighted by Crippen LogP contribution is 2.18. The van der Waals surface area contributed by atoms with Crippen molar-refractivity contribution in [3.05, 3.63) is 0 Å². The van der Waals surface area contributed by atoms with Crippen molar-refractivity contribution in [2.75, 3.05) is 20.1 Å². The molecule has 3 atom stereocenters. The molecule has 0 aromatic heterocycles. The van der Waals surface area contributed by atoms with E-state index >= 15 is 0 Å².